The van der Waals surface area contributed by atoms with E-state index in [1.54, 1.807) is 25.1 Å². The molecule has 1 aromatic carbocycles. The molecule has 0 spiro atoms. The number of hydrogen-bond acceptors (Lipinski definition) is 5. The van der Waals surface area contributed by atoms with E-state index in [9.17, 15) is 10.1 Å². The van der Waals surface area contributed by atoms with Gasteiger partial charge in [-0.25, -0.2) is 4.98 Å². The van der Waals surface area contributed by atoms with Gasteiger partial charge in [0.25, 0.3) is 0 Å². The zero-order valence-corrected chi connectivity index (χ0v) is 9.66. The molecule has 0 fully saturated rings. The van der Waals surface area contributed by atoms with Gasteiger partial charge in [-0.15, -0.1) is 0 Å². The lowest BCUT2D eigenvalue weighted by Crippen LogP contribution is -1.95. The first-order chi connectivity index (χ1) is 8.56. The Hall–Kier alpha value is -2.63. The van der Waals surface area contributed by atoms with Gasteiger partial charge in [-0.2, -0.15) is 0 Å². The van der Waals surface area contributed by atoms with Crippen molar-refractivity contribution in [1.82, 2.24) is 4.98 Å². The number of anilines is 1. The maximum Gasteiger partial charge on any atom is 0.311 e. The summed E-state index contributed by atoms with van der Waals surface area (Å²) < 4.78 is 5.44. The van der Waals surface area contributed by atoms with Crippen molar-refractivity contribution in [1.29, 1.82) is 0 Å². The van der Waals surface area contributed by atoms with E-state index in [0.717, 1.165) is 5.56 Å². The van der Waals surface area contributed by atoms with Crippen LogP contribution in [0.3, 0.4) is 0 Å². The smallest absolute Gasteiger partial charge is 0.311 e. The molecule has 0 radical (unpaired) electrons. The minimum Gasteiger partial charge on any atom is -0.450 e. The molecule has 2 rings (SSSR count). The number of pyridine rings is 1. The molecule has 18 heavy (non-hydrogen) atoms. The zero-order valence-electron chi connectivity index (χ0n) is 9.66. The summed E-state index contributed by atoms with van der Waals surface area (Å²) in [5.74, 6) is 0.882. The van der Waals surface area contributed by atoms with Crippen LogP contribution in [0.4, 0.5) is 11.5 Å². The van der Waals surface area contributed by atoms with Crippen molar-refractivity contribution in [2.75, 3.05) is 5.73 Å². The number of nitro benzene ring substituents is 1. The highest BCUT2D eigenvalue weighted by Gasteiger charge is 2.15. The summed E-state index contributed by atoms with van der Waals surface area (Å²) in [7, 11) is 0. The summed E-state index contributed by atoms with van der Waals surface area (Å²) in [6.45, 7) is 1.78. The van der Waals surface area contributed by atoms with E-state index >= 15 is 0 Å². The Labute approximate surface area is 103 Å². The number of nitrogens with two attached hydrogens (primary N) is 1. The van der Waals surface area contributed by atoms with Crippen molar-refractivity contribution in [2.45, 2.75) is 6.92 Å². The normalized spacial score (nSPS) is 10.1. The van der Waals surface area contributed by atoms with E-state index < -0.39 is 4.92 Å². The standard InChI is InChI=1S/C12H11N3O3/c1-8-2-3-11(10(6-8)15(16)17)18-9-4-5-14-12(13)7-9/h2-7H,1H3,(H2,13,14). The Balaban J connectivity index is 2.37. The first kappa shape index (κ1) is 11.8. The monoisotopic (exact) mass is 245 g/mol. The molecule has 92 valence electrons. The van der Waals surface area contributed by atoms with Crippen LogP contribution in [0.15, 0.2) is 36.5 Å². The Kier molecular flexibility index (Phi) is 3.09. The second-order valence-corrected chi connectivity index (χ2v) is 3.75. The third-order valence-corrected chi connectivity index (χ3v) is 2.29. The molecule has 0 bridgehead atoms. The Morgan fingerprint density at radius 2 is 2.11 bits per heavy atom. The summed E-state index contributed by atoms with van der Waals surface area (Å²) >= 11 is 0. The number of nitrogen functional groups attached to an aromatic ring is 1. The highest BCUT2D eigenvalue weighted by molar-refractivity contribution is 5.51. The lowest BCUT2D eigenvalue weighted by Gasteiger charge is -2.06. The predicted molar refractivity (Wildman–Crippen MR) is 66.6 cm³/mol. The predicted octanol–water partition coefficient (Wildman–Crippen LogP) is 2.67. The van der Waals surface area contributed by atoms with Gasteiger partial charge in [0.05, 0.1) is 4.92 Å². The summed E-state index contributed by atoms with van der Waals surface area (Å²) in [4.78, 5) is 14.3. The fraction of sp³-hybridized carbons (Fsp3) is 0.0833. The lowest BCUT2D eigenvalue weighted by molar-refractivity contribution is -0.385. The number of aromatic nitrogens is 1. The number of rotatable bonds is 3. The Morgan fingerprint density at radius 1 is 1.33 bits per heavy atom. The molecule has 0 saturated heterocycles. The topological polar surface area (TPSA) is 91.3 Å². The quantitative estimate of drug-likeness (QED) is 0.663. The van der Waals surface area contributed by atoms with Crippen LogP contribution in [0.1, 0.15) is 5.56 Å². The van der Waals surface area contributed by atoms with Gasteiger partial charge in [-0.3, -0.25) is 10.1 Å². The molecule has 2 N–H and O–H groups in total. The number of ether oxygens (including phenoxy) is 1. The maximum atomic E-state index is 10.9. The first-order valence-corrected chi connectivity index (χ1v) is 5.20. The van der Waals surface area contributed by atoms with Crippen LogP contribution in [0.25, 0.3) is 0 Å². The SMILES string of the molecule is Cc1ccc(Oc2ccnc(N)c2)c([N+](=O)[O-])c1. The number of nitro groups is 1. The van der Waals surface area contributed by atoms with Crippen molar-refractivity contribution < 1.29 is 9.66 Å². The molecule has 0 unspecified atom stereocenters. The molecule has 6 heteroatoms. The number of aryl methyl sites for hydroxylation is 1. The summed E-state index contributed by atoms with van der Waals surface area (Å²) in [5, 5.41) is 10.9. The fourth-order valence-electron chi connectivity index (χ4n) is 1.47. The van der Waals surface area contributed by atoms with Gasteiger partial charge in [-0.05, 0) is 24.6 Å². The highest BCUT2D eigenvalue weighted by atomic mass is 16.6. The third-order valence-electron chi connectivity index (χ3n) is 2.29. The van der Waals surface area contributed by atoms with Gasteiger partial charge < -0.3 is 10.5 Å². The second-order valence-electron chi connectivity index (χ2n) is 3.75. The molecule has 0 aliphatic carbocycles. The molecule has 0 aliphatic heterocycles. The largest absolute Gasteiger partial charge is 0.450 e. The van der Waals surface area contributed by atoms with Crippen molar-refractivity contribution >= 4 is 11.5 Å². The van der Waals surface area contributed by atoms with Crippen molar-refractivity contribution in [3.8, 4) is 11.5 Å². The molecule has 1 aromatic heterocycles. The molecule has 0 aliphatic rings. The zero-order chi connectivity index (χ0) is 13.1. The first-order valence-electron chi connectivity index (χ1n) is 5.20. The van der Waals surface area contributed by atoms with Gasteiger partial charge in [0.1, 0.15) is 11.6 Å². The maximum absolute atomic E-state index is 10.9. The average Bonchev–Trinajstić information content (AvgIpc) is 2.31. The average molecular weight is 245 g/mol. The Morgan fingerprint density at radius 3 is 2.78 bits per heavy atom. The molecule has 1 heterocycles. The van der Waals surface area contributed by atoms with Crippen LogP contribution in [0, 0.1) is 17.0 Å². The molecule has 0 amide bonds. The van der Waals surface area contributed by atoms with E-state index in [1.807, 2.05) is 0 Å². The van der Waals surface area contributed by atoms with Crippen molar-refractivity contribution in [3.05, 3.63) is 52.2 Å². The number of hydrogen-bond donors (Lipinski definition) is 1. The van der Waals surface area contributed by atoms with Crippen molar-refractivity contribution in [3.63, 3.8) is 0 Å². The van der Waals surface area contributed by atoms with E-state index in [0.29, 0.717) is 11.6 Å². The van der Waals surface area contributed by atoms with E-state index in [-0.39, 0.29) is 11.4 Å². The molecule has 0 atom stereocenters. The van der Waals surface area contributed by atoms with E-state index in [2.05, 4.69) is 4.98 Å². The summed E-state index contributed by atoms with van der Waals surface area (Å²) in [5.41, 5.74) is 6.23. The molecule has 2 aromatic rings. The van der Waals surface area contributed by atoms with Gasteiger partial charge in [0.15, 0.2) is 0 Å². The Bertz CT molecular complexity index is 599. The lowest BCUT2D eigenvalue weighted by atomic mass is 10.2. The van der Waals surface area contributed by atoms with Crippen LogP contribution >= 0.6 is 0 Å². The summed E-state index contributed by atoms with van der Waals surface area (Å²) in [6, 6.07) is 7.85. The van der Waals surface area contributed by atoms with Gasteiger partial charge in [0, 0.05) is 18.3 Å². The number of benzene rings is 1. The van der Waals surface area contributed by atoms with Crippen LogP contribution in [-0.2, 0) is 0 Å². The molecular weight excluding hydrogens is 234 g/mol. The molecular formula is C12H11N3O3. The van der Waals surface area contributed by atoms with Crippen LogP contribution in [0.5, 0.6) is 11.5 Å². The van der Waals surface area contributed by atoms with Crippen LogP contribution < -0.4 is 10.5 Å². The molecule has 0 saturated carbocycles. The minimum atomic E-state index is -0.479. The van der Waals surface area contributed by atoms with Gasteiger partial charge in [0.2, 0.25) is 5.75 Å². The van der Waals surface area contributed by atoms with Crippen LogP contribution in [0.2, 0.25) is 0 Å². The van der Waals surface area contributed by atoms with E-state index in [1.165, 1.54) is 18.3 Å². The summed E-state index contributed by atoms with van der Waals surface area (Å²) in [6.07, 6.45) is 1.48. The fourth-order valence-corrected chi connectivity index (χ4v) is 1.47. The second kappa shape index (κ2) is 4.70. The third kappa shape index (κ3) is 2.54. The van der Waals surface area contributed by atoms with Crippen molar-refractivity contribution in [2.24, 2.45) is 0 Å². The highest BCUT2D eigenvalue weighted by Crippen LogP contribution is 2.32. The minimum absolute atomic E-state index is 0.0783. The van der Waals surface area contributed by atoms with Crippen LogP contribution in [-0.4, -0.2) is 9.91 Å². The molecule has 6 nitrogen and oxygen atoms in total. The van der Waals surface area contributed by atoms with Gasteiger partial charge in [-0.1, -0.05) is 6.07 Å². The number of nitrogens with zero attached hydrogens (tertiary/aromatic N) is 2. The van der Waals surface area contributed by atoms with E-state index in [4.69, 9.17) is 10.5 Å². The van der Waals surface area contributed by atoms with Gasteiger partial charge >= 0.3 is 5.69 Å².